The van der Waals surface area contributed by atoms with E-state index in [1.54, 1.807) is 0 Å². The smallest absolute Gasteiger partial charge is 0.123 e. The molecule has 0 unspecified atom stereocenters. The molecule has 3 aromatic rings. The molecule has 3 nitrogen and oxygen atoms in total. The van der Waals surface area contributed by atoms with Crippen molar-refractivity contribution in [2.45, 2.75) is 13.0 Å². The fourth-order valence-corrected chi connectivity index (χ4v) is 4.07. The Bertz CT molecular complexity index is 919. The van der Waals surface area contributed by atoms with E-state index < -0.39 is 6.10 Å². The molecule has 3 aromatic carbocycles. The van der Waals surface area contributed by atoms with Crippen LogP contribution in [0.15, 0.2) is 66.7 Å². The third-order valence-electron chi connectivity index (χ3n) is 5.76. The minimum absolute atomic E-state index is 0.151. The van der Waals surface area contributed by atoms with Gasteiger partial charge in [0.05, 0.1) is 6.10 Å². The maximum atomic E-state index is 13.1. The zero-order valence-corrected chi connectivity index (χ0v) is 16.3. The first-order valence-corrected chi connectivity index (χ1v) is 10.00. The molecule has 1 fully saturated rings. The fraction of sp³-hybridized carbons (Fsp3) is 0.333. The molecule has 2 atom stereocenters. The van der Waals surface area contributed by atoms with Crippen LogP contribution in [0.5, 0.6) is 0 Å². The van der Waals surface area contributed by atoms with Gasteiger partial charge in [0.25, 0.3) is 0 Å². The molecule has 4 rings (SSSR count). The molecule has 0 saturated carbocycles. The first-order valence-electron chi connectivity index (χ1n) is 10.00. The van der Waals surface area contributed by atoms with Gasteiger partial charge in [0.2, 0.25) is 0 Å². The molecule has 0 bridgehead atoms. The number of halogens is 1. The quantitative estimate of drug-likeness (QED) is 0.710. The highest BCUT2D eigenvalue weighted by atomic mass is 19.1. The lowest BCUT2D eigenvalue weighted by Crippen LogP contribution is -2.48. The average molecular weight is 378 g/mol. The van der Waals surface area contributed by atoms with Crippen LogP contribution >= 0.6 is 0 Å². The average Bonchev–Trinajstić information content (AvgIpc) is 2.74. The molecule has 0 amide bonds. The first-order chi connectivity index (χ1) is 13.6. The van der Waals surface area contributed by atoms with E-state index >= 15 is 0 Å². The van der Waals surface area contributed by atoms with Crippen LogP contribution in [0.1, 0.15) is 18.6 Å². The largest absolute Gasteiger partial charge is 0.388 e. The van der Waals surface area contributed by atoms with E-state index in [-0.39, 0.29) is 11.7 Å². The Labute approximate surface area is 166 Å². The third-order valence-corrected chi connectivity index (χ3v) is 5.76. The van der Waals surface area contributed by atoms with E-state index in [2.05, 4.69) is 41.0 Å². The van der Waals surface area contributed by atoms with Crippen molar-refractivity contribution in [2.24, 2.45) is 5.92 Å². The third kappa shape index (κ3) is 4.18. The molecule has 0 aromatic heterocycles. The Morgan fingerprint density at radius 3 is 2.29 bits per heavy atom. The molecule has 28 heavy (non-hydrogen) atoms. The summed E-state index contributed by atoms with van der Waals surface area (Å²) in [6.45, 7) is 6.73. The van der Waals surface area contributed by atoms with Crippen molar-refractivity contribution in [1.29, 1.82) is 0 Å². The minimum atomic E-state index is -0.472. The number of fused-ring (bicyclic) bond motifs is 1. The van der Waals surface area contributed by atoms with Gasteiger partial charge in [0.1, 0.15) is 5.82 Å². The van der Waals surface area contributed by atoms with Crippen molar-refractivity contribution in [1.82, 2.24) is 4.90 Å². The van der Waals surface area contributed by atoms with E-state index in [1.807, 2.05) is 30.3 Å². The van der Waals surface area contributed by atoms with Crippen molar-refractivity contribution in [3.63, 3.8) is 0 Å². The van der Waals surface area contributed by atoms with Crippen molar-refractivity contribution < 1.29 is 9.50 Å². The molecule has 0 spiro atoms. The van der Waals surface area contributed by atoms with Crippen molar-refractivity contribution in [2.75, 3.05) is 37.6 Å². The molecule has 1 heterocycles. The number of anilines is 1. The van der Waals surface area contributed by atoms with Crippen LogP contribution in [0.4, 0.5) is 10.1 Å². The van der Waals surface area contributed by atoms with Crippen LogP contribution in [0, 0.1) is 11.7 Å². The molecule has 146 valence electrons. The normalized spacial score (nSPS) is 17.6. The number of piperazine rings is 1. The molecule has 4 heteroatoms. The molecule has 1 aliphatic rings. The summed E-state index contributed by atoms with van der Waals surface area (Å²) >= 11 is 0. The molecule has 1 aliphatic heterocycles. The summed E-state index contributed by atoms with van der Waals surface area (Å²) in [6.07, 6.45) is -0.472. The standard InChI is InChI=1S/C24H27FN2O/c1-18(24(28)21-7-6-19-4-2-3-5-20(19)16-21)17-26-12-14-27(15-13-26)23-10-8-22(25)9-11-23/h2-11,16,18,24,28H,12-15,17H2,1H3/t18-,24+/m1/s1. The number of nitrogens with zero attached hydrogens (tertiary/aromatic N) is 2. The van der Waals surface area contributed by atoms with Crippen molar-refractivity contribution >= 4 is 16.5 Å². The Morgan fingerprint density at radius 1 is 0.893 bits per heavy atom. The maximum Gasteiger partial charge on any atom is 0.123 e. The van der Waals surface area contributed by atoms with Crippen LogP contribution < -0.4 is 4.90 Å². The molecule has 1 N–H and O–H groups in total. The van der Waals surface area contributed by atoms with Crippen molar-refractivity contribution in [3.8, 4) is 0 Å². The summed E-state index contributed by atoms with van der Waals surface area (Å²) in [5.41, 5.74) is 2.06. The van der Waals surface area contributed by atoms with Gasteiger partial charge in [-0.2, -0.15) is 0 Å². The van der Waals surface area contributed by atoms with Crippen LogP contribution in [0.2, 0.25) is 0 Å². The van der Waals surface area contributed by atoms with Gasteiger partial charge < -0.3 is 10.0 Å². The summed E-state index contributed by atoms with van der Waals surface area (Å²) in [5.74, 6) is -0.0441. The Balaban J connectivity index is 1.34. The lowest BCUT2D eigenvalue weighted by atomic mass is 9.94. The maximum absolute atomic E-state index is 13.1. The fourth-order valence-electron chi connectivity index (χ4n) is 4.07. The highest BCUT2D eigenvalue weighted by Gasteiger charge is 2.23. The second kappa shape index (κ2) is 8.29. The lowest BCUT2D eigenvalue weighted by molar-refractivity contribution is 0.0864. The van der Waals surface area contributed by atoms with E-state index in [1.165, 1.54) is 22.9 Å². The summed E-state index contributed by atoms with van der Waals surface area (Å²) in [4.78, 5) is 4.70. The zero-order valence-electron chi connectivity index (χ0n) is 16.3. The van der Waals surface area contributed by atoms with E-state index in [0.717, 1.165) is 44.0 Å². The van der Waals surface area contributed by atoms with Gasteiger partial charge in [-0.15, -0.1) is 0 Å². The van der Waals surface area contributed by atoms with E-state index in [9.17, 15) is 9.50 Å². The lowest BCUT2D eigenvalue weighted by Gasteiger charge is -2.37. The summed E-state index contributed by atoms with van der Waals surface area (Å²) in [6, 6.07) is 21.2. The summed E-state index contributed by atoms with van der Waals surface area (Å²) in [5, 5.41) is 13.2. The van der Waals surface area contributed by atoms with Crippen LogP contribution in [-0.2, 0) is 0 Å². The summed E-state index contributed by atoms with van der Waals surface area (Å²) in [7, 11) is 0. The molecular weight excluding hydrogens is 351 g/mol. The van der Waals surface area contributed by atoms with Gasteiger partial charge in [0, 0.05) is 38.4 Å². The minimum Gasteiger partial charge on any atom is -0.388 e. The van der Waals surface area contributed by atoms with Crippen LogP contribution in [0.25, 0.3) is 10.8 Å². The van der Waals surface area contributed by atoms with Crippen LogP contribution in [-0.4, -0.2) is 42.7 Å². The second-order valence-electron chi connectivity index (χ2n) is 7.79. The van der Waals surface area contributed by atoms with E-state index in [0.29, 0.717) is 0 Å². The number of aliphatic hydroxyl groups excluding tert-OH is 1. The number of rotatable bonds is 5. The Kier molecular flexibility index (Phi) is 5.60. The van der Waals surface area contributed by atoms with Gasteiger partial charge in [-0.1, -0.05) is 43.3 Å². The van der Waals surface area contributed by atoms with Crippen molar-refractivity contribution in [3.05, 3.63) is 78.1 Å². The molecule has 0 aliphatic carbocycles. The summed E-state index contributed by atoms with van der Waals surface area (Å²) < 4.78 is 13.1. The SMILES string of the molecule is C[C@H](CN1CCN(c2ccc(F)cc2)CC1)[C@H](O)c1ccc2ccccc2c1. The van der Waals surface area contributed by atoms with Gasteiger partial charge in [0.15, 0.2) is 0 Å². The Morgan fingerprint density at radius 2 is 1.57 bits per heavy atom. The van der Waals surface area contributed by atoms with Gasteiger partial charge >= 0.3 is 0 Å². The molecule has 0 radical (unpaired) electrons. The topological polar surface area (TPSA) is 26.7 Å². The predicted octanol–water partition coefficient (Wildman–Crippen LogP) is 4.47. The highest BCUT2D eigenvalue weighted by molar-refractivity contribution is 5.83. The number of hydrogen-bond acceptors (Lipinski definition) is 3. The van der Waals surface area contributed by atoms with Crippen LogP contribution in [0.3, 0.4) is 0 Å². The van der Waals surface area contributed by atoms with Gasteiger partial charge in [-0.3, -0.25) is 4.90 Å². The number of aliphatic hydroxyl groups is 1. The number of benzene rings is 3. The molecule has 1 saturated heterocycles. The van der Waals surface area contributed by atoms with Gasteiger partial charge in [-0.05, 0) is 52.6 Å². The second-order valence-corrected chi connectivity index (χ2v) is 7.79. The highest BCUT2D eigenvalue weighted by Crippen LogP contribution is 2.27. The first kappa shape index (κ1) is 18.9. The van der Waals surface area contributed by atoms with E-state index in [4.69, 9.17) is 0 Å². The Hall–Kier alpha value is -2.43. The zero-order chi connectivity index (χ0) is 19.5. The molecular formula is C24H27FN2O. The number of hydrogen-bond donors (Lipinski definition) is 1. The van der Waals surface area contributed by atoms with Gasteiger partial charge in [-0.25, -0.2) is 4.39 Å². The monoisotopic (exact) mass is 378 g/mol. The predicted molar refractivity (Wildman–Crippen MR) is 113 cm³/mol.